The zero-order valence-electron chi connectivity index (χ0n) is 18.7. The van der Waals surface area contributed by atoms with Crippen LogP contribution in [-0.4, -0.2) is 47.8 Å². The van der Waals surface area contributed by atoms with Crippen LogP contribution in [0, 0.1) is 5.92 Å². The molecule has 2 fully saturated rings. The van der Waals surface area contributed by atoms with Gasteiger partial charge in [-0.15, -0.1) is 0 Å². The Morgan fingerprint density at radius 3 is 2.61 bits per heavy atom. The maximum atomic E-state index is 12.9. The third kappa shape index (κ3) is 4.57. The van der Waals surface area contributed by atoms with E-state index in [1.165, 1.54) is 7.11 Å². The Kier molecular flexibility index (Phi) is 6.00. The van der Waals surface area contributed by atoms with Gasteiger partial charge in [-0.3, -0.25) is 4.79 Å². The van der Waals surface area contributed by atoms with Gasteiger partial charge in [0.05, 0.1) is 24.7 Å². The summed E-state index contributed by atoms with van der Waals surface area (Å²) in [6, 6.07) is 12.1. The number of carbonyl (C=O) groups excluding carboxylic acids is 2. The molecular weight excluding hydrogens is 420 g/mol. The fourth-order valence-electron chi connectivity index (χ4n) is 4.31. The number of pyridine rings is 1. The van der Waals surface area contributed by atoms with E-state index in [0.29, 0.717) is 29.6 Å². The maximum Gasteiger partial charge on any atom is 0.356 e. The lowest BCUT2D eigenvalue weighted by molar-refractivity contribution is -0.117. The normalized spacial score (nSPS) is 16.5. The molecule has 0 radical (unpaired) electrons. The number of carbonyl (C=O) groups is 2. The van der Waals surface area contributed by atoms with Crippen LogP contribution in [0.5, 0.6) is 0 Å². The van der Waals surface area contributed by atoms with Crippen LogP contribution in [-0.2, 0) is 20.8 Å². The minimum atomic E-state index is -0.506. The first-order chi connectivity index (χ1) is 16.1. The number of rotatable bonds is 7. The average Bonchev–Trinajstić information content (AvgIpc) is 3.66. The highest BCUT2D eigenvalue weighted by Gasteiger charge is 2.33. The third-order valence-corrected chi connectivity index (χ3v) is 6.25. The van der Waals surface area contributed by atoms with Crippen molar-refractivity contribution >= 4 is 34.3 Å². The van der Waals surface area contributed by atoms with Gasteiger partial charge in [-0.1, -0.05) is 30.3 Å². The molecule has 2 N–H and O–H groups in total. The molecule has 1 saturated heterocycles. The van der Waals surface area contributed by atoms with Crippen LogP contribution in [0.2, 0.25) is 0 Å². The molecule has 3 heterocycles. The van der Waals surface area contributed by atoms with Gasteiger partial charge in [0.1, 0.15) is 5.65 Å². The molecule has 33 heavy (non-hydrogen) atoms. The second kappa shape index (κ2) is 9.23. The summed E-state index contributed by atoms with van der Waals surface area (Å²) in [6.45, 7) is 1.90. The van der Waals surface area contributed by atoms with E-state index < -0.39 is 5.97 Å². The molecule has 3 aromatic rings. The lowest BCUT2D eigenvalue weighted by atomic mass is 10.1. The number of methoxy groups -OCH3 is 1. The lowest BCUT2D eigenvalue weighted by Gasteiger charge is -2.24. The standard InChI is InChI=1S/C25H28N4O4/c1-32-25(31)22-21(28-24(30)17-7-8-17)20-13-19(27-18-9-11-33-12-10-18)14-26-23(20)29(22)15-16-5-3-2-4-6-16/h2-6,13-14,17-18,27H,7-12,15H2,1H3,(H,28,30). The Morgan fingerprint density at radius 1 is 1.15 bits per heavy atom. The van der Waals surface area contributed by atoms with Crippen LogP contribution in [0.3, 0.4) is 0 Å². The van der Waals surface area contributed by atoms with Gasteiger partial charge in [0, 0.05) is 37.1 Å². The van der Waals surface area contributed by atoms with Crippen LogP contribution < -0.4 is 10.6 Å². The molecule has 1 aliphatic heterocycles. The zero-order valence-corrected chi connectivity index (χ0v) is 18.7. The van der Waals surface area contributed by atoms with Gasteiger partial charge < -0.3 is 24.7 Å². The number of anilines is 2. The second-order valence-electron chi connectivity index (χ2n) is 8.68. The van der Waals surface area contributed by atoms with Crippen LogP contribution in [0.15, 0.2) is 42.6 Å². The highest BCUT2D eigenvalue weighted by atomic mass is 16.5. The van der Waals surface area contributed by atoms with E-state index in [-0.39, 0.29) is 11.8 Å². The number of benzene rings is 1. The monoisotopic (exact) mass is 448 g/mol. The summed E-state index contributed by atoms with van der Waals surface area (Å²) in [6.07, 6.45) is 5.37. The number of fused-ring (bicyclic) bond motifs is 1. The summed E-state index contributed by atoms with van der Waals surface area (Å²) >= 11 is 0. The largest absolute Gasteiger partial charge is 0.464 e. The van der Waals surface area contributed by atoms with E-state index in [1.54, 1.807) is 6.20 Å². The molecule has 0 unspecified atom stereocenters. The minimum absolute atomic E-state index is 0.000439. The molecule has 1 aromatic carbocycles. The molecular formula is C25H28N4O4. The van der Waals surface area contributed by atoms with E-state index >= 15 is 0 Å². The molecule has 1 aliphatic carbocycles. The average molecular weight is 449 g/mol. The molecule has 172 valence electrons. The summed E-state index contributed by atoms with van der Waals surface area (Å²) < 4.78 is 12.4. The van der Waals surface area contributed by atoms with Gasteiger partial charge in [-0.2, -0.15) is 0 Å². The number of nitrogens with one attached hydrogen (secondary N) is 2. The summed E-state index contributed by atoms with van der Waals surface area (Å²) in [4.78, 5) is 30.4. The van der Waals surface area contributed by atoms with Crippen molar-refractivity contribution in [2.45, 2.75) is 38.3 Å². The SMILES string of the molecule is COC(=O)c1c(NC(=O)C2CC2)c2cc(NC3CCOCC3)cnc2n1Cc1ccccc1. The van der Waals surface area contributed by atoms with E-state index in [0.717, 1.165) is 55.5 Å². The lowest BCUT2D eigenvalue weighted by Crippen LogP contribution is -2.27. The molecule has 5 rings (SSSR count). The van der Waals surface area contributed by atoms with E-state index in [9.17, 15) is 9.59 Å². The smallest absolute Gasteiger partial charge is 0.356 e. The highest BCUT2D eigenvalue weighted by molar-refractivity contribution is 6.11. The number of hydrogen-bond acceptors (Lipinski definition) is 6. The Balaban J connectivity index is 1.60. The van der Waals surface area contributed by atoms with Gasteiger partial charge in [-0.25, -0.2) is 9.78 Å². The van der Waals surface area contributed by atoms with E-state index in [4.69, 9.17) is 14.5 Å². The van der Waals surface area contributed by atoms with Crippen LogP contribution in [0.25, 0.3) is 11.0 Å². The number of esters is 1. The van der Waals surface area contributed by atoms with Gasteiger partial charge in [0.15, 0.2) is 5.69 Å². The van der Waals surface area contributed by atoms with E-state index in [2.05, 4.69) is 10.6 Å². The molecule has 0 spiro atoms. The first-order valence-corrected chi connectivity index (χ1v) is 11.4. The Bertz CT molecular complexity index is 1160. The fourth-order valence-corrected chi connectivity index (χ4v) is 4.31. The Labute approximate surface area is 192 Å². The molecule has 1 amide bonds. The number of ether oxygens (including phenoxy) is 2. The van der Waals surface area contributed by atoms with E-state index in [1.807, 2.05) is 41.0 Å². The van der Waals surface area contributed by atoms with Crippen molar-refractivity contribution < 1.29 is 19.1 Å². The summed E-state index contributed by atoms with van der Waals surface area (Å²) in [7, 11) is 1.35. The quantitative estimate of drug-likeness (QED) is 0.534. The minimum Gasteiger partial charge on any atom is -0.464 e. The van der Waals surface area contributed by atoms with Gasteiger partial charge in [-0.05, 0) is 37.3 Å². The molecule has 8 nitrogen and oxygen atoms in total. The summed E-state index contributed by atoms with van der Waals surface area (Å²) in [5.41, 5.74) is 3.27. The summed E-state index contributed by atoms with van der Waals surface area (Å²) in [5.74, 6) is -0.574. The number of amides is 1. The number of nitrogens with zero attached hydrogens (tertiary/aromatic N) is 2. The Hall–Kier alpha value is -3.39. The molecule has 8 heteroatoms. The van der Waals surface area contributed by atoms with Crippen molar-refractivity contribution in [3.8, 4) is 0 Å². The third-order valence-electron chi connectivity index (χ3n) is 6.25. The highest BCUT2D eigenvalue weighted by Crippen LogP contribution is 2.36. The summed E-state index contributed by atoms with van der Waals surface area (Å²) in [5, 5.41) is 7.27. The van der Waals surface area contributed by atoms with Crippen molar-refractivity contribution in [2.75, 3.05) is 31.0 Å². The molecule has 0 atom stereocenters. The second-order valence-corrected chi connectivity index (χ2v) is 8.68. The van der Waals surface area contributed by atoms with Gasteiger partial charge in [0.25, 0.3) is 0 Å². The first-order valence-electron chi connectivity index (χ1n) is 11.4. The van der Waals surface area contributed by atoms with Crippen molar-refractivity contribution in [3.63, 3.8) is 0 Å². The number of aromatic nitrogens is 2. The Morgan fingerprint density at radius 2 is 1.91 bits per heavy atom. The van der Waals surface area contributed by atoms with Crippen molar-refractivity contribution in [3.05, 3.63) is 53.9 Å². The molecule has 2 aromatic heterocycles. The van der Waals surface area contributed by atoms with Gasteiger partial charge >= 0.3 is 5.97 Å². The van der Waals surface area contributed by atoms with Gasteiger partial charge in [0.2, 0.25) is 5.91 Å². The molecule has 0 bridgehead atoms. The molecule has 2 aliphatic rings. The van der Waals surface area contributed by atoms with Crippen LogP contribution in [0.4, 0.5) is 11.4 Å². The van der Waals surface area contributed by atoms with Crippen molar-refractivity contribution in [1.82, 2.24) is 9.55 Å². The van der Waals surface area contributed by atoms with Crippen LogP contribution in [0.1, 0.15) is 41.7 Å². The molecule has 1 saturated carbocycles. The zero-order chi connectivity index (χ0) is 22.8. The van der Waals surface area contributed by atoms with Crippen molar-refractivity contribution in [1.29, 1.82) is 0 Å². The predicted molar refractivity (Wildman–Crippen MR) is 125 cm³/mol. The van der Waals surface area contributed by atoms with Crippen LogP contribution >= 0.6 is 0 Å². The predicted octanol–water partition coefficient (Wildman–Crippen LogP) is 3.81. The topological polar surface area (TPSA) is 94.5 Å². The maximum absolute atomic E-state index is 12.9. The number of hydrogen-bond donors (Lipinski definition) is 2. The van der Waals surface area contributed by atoms with Crippen molar-refractivity contribution in [2.24, 2.45) is 5.92 Å². The fraction of sp³-hybridized carbons (Fsp3) is 0.400. The first kappa shape index (κ1) is 21.5.